The molecular formula is C24H41NO. The molecule has 2 heteroatoms. The highest BCUT2D eigenvalue weighted by Crippen LogP contribution is 2.19. The molecule has 0 spiro atoms. The van der Waals surface area contributed by atoms with Crippen molar-refractivity contribution in [2.45, 2.75) is 103 Å². The van der Waals surface area contributed by atoms with E-state index in [-0.39, 0.29) is 5.54 Å². The standard InChI is InChI=1S/C24H41NO/c1-4-5-6-7-8-9-10-11-12-13-14-15-16-17-18-19-20-21-23-25-24(2,3)22-26-23/h8-9,11-12,14-15H,4-7,10,13,16-22H2,1-3H3/b9-8-,12-11-,15-14-. The van der Waals surface area contributed by atoms with Gasteiger partial charge in [-0.2, -0.15) is 0 Å². The summed E-state index contributed by atoms with van der Waals surface area (Å²) in [5.74, 6) is 0.970. The molecule has 0 N–H and O–H groups in total. The van der Waals surface area contributed by atoms with Crippen LogP contribution < -0.4 is 0 Å². The maximum Gasteiger partial charge on any atom is 0.183 e. The Morgan fingerprint density at radius 1 is 0.808 bits per heavy atom. The fourth-order valence-electron chi connectivity index (χ4n) is 2.97. The third-order valence-electron chi connectivity index (χ3n) is 4.55. The molecule has 0 aliphatic carbocycles. The largest absolute Gasteiger partial charge is 0.478 e. The van der Waals surface area contributed by atoms with E-state index in [4.69, 9.17) is 4.74 Å². The number of rotatable bonds is 15. The predicted molar refractivity (Wildman–Crippen MR) is 116 cm³/mol. The van der Waals surface area contributed by atoms with Crippen LogP contribution in [0.3, 0.4) is 0 Å². The SMILES string of the molecule is CCCCC/C=C\C/C=C\C/C=C\CCCCCCC1=NC(C)(C)CO1. The lowest BCUT2D eigenvalue weighted by Crippen LogP contribution is -2.17. The van der Waals surface area contributed by atoms with E-state index in [1.54, 1.807) is 0 Å². The second kappa shape index (κ2) is 14.8. The Hall–Kier alpha value is -1.31. The summed E-state index contributed by atoms with van der Waals surface area (Å²) in [6.07, 6.45) is 28.5. The van der Waals surface area contributed by atoms with Crippen LogP contribution in [0, 0.1) is 0 Å². The van der Waals surface area contributed by atoms with Crippen LogP contribution in [-0.2, 0) is 4.74 Å². The van der Waals surface area contributed by atoms with E-state index in [1.807, 2.05) is 0 Å². The van der Waals surface area contributed by atoms with Crippen molar-refractivity contribution in [3.05, 3.63) is 36.5 Å². The Labute approximate surface area is 162 Å². The van der Waals surface area contributed by atoms with Gasteiger partial charge in [0.25, 0.3) is 0 Å². The third kappa shape index (κ3) is 13.0. The van der Waals surface area contributed by atoms with Crippen molar-refractivity contribution < 1.29 is 4.74 Å². The molecule has 0 bridgehead atoms. The van der Waals surface area contributed by atoms with Gasteiger partial charge in [-0.25, -0.2) is 4.99 Å². The summed E-state index contributed by atoms with van der Waals surface area (Å²) in [7, 11) is 0. The summed E-state index contributed by atoms with van der Waals surface area (Å²) in [4.78, 5) is 4.60. The first-order valence-electron chi connectivity index (χ1n) is 10.8. The van der Waals surface area contributed by atoms with Gasteiger partial charge < -0.3 is 4.74 Å². The average molecular weight is 360 g/mol. The molecule has 1 aliphatic rings. The summed E-state index contributed by atoms with van der Waals surface area (Å²) in [5, 5.41) is 0. The van der Waals surface area contributed by atoms with Gasteiger partial charge in [-0.1, -0.05) is 69.1 Å². The third-order valence-corrected chi connectivity index (χ3v) is 4.55. The smallest absolute Gasteiger partial charge is 0.183 e. The van der Waals surface area contributed by atoms with Crippen LogP contribution in [0.4, 0.5) is 0 Å². The van der Waals surface area contributed by atoms with Crippen LogP contribution in [0.5, 0.6) is 0 Å². The maximum atomic E-state index is 5.63. The quantitative estimate of drug-likeness (QED) is 0.218. The summed E-state index contributed by atoms with van der Waals surface area (Å²) >= 11 is 0. The van der Waals surface area contributed by atoms with Crippen molar-refractivity contribution in [3.63, 3.8) is 0 Å². The first-order chi connectivity index (χ1) is 12.6. The van der Waals surface area contributed by atoms with Crippen LogP contribution in [-0.4, -0.2) is 18.0 Å². The van der Waals surface area contributed by atoms with Crippen molar-refractivity contribution >= 4 is 5.90 Å². The maximum absolute atomic E-state index is 5.63. The number of aliphatic imine (C=N–C) groups is 1. The van der Waals surface area contributed by atoms with Crippen LogP contribution in [0.1, 0.15) is 97.8 Å². The lowest BCUT2D eigenvalue weighted by molar-refractivity contribution is 0.273. The lowest BCUT2D eigenvalue weighted by Gasteiger charge is -2.07. The molecule has 1 heterocycles. The minimum atomic E-state index is -0.000501. The molecule has 148 valence electrons. The van der Waals surface area contributed by atoms with Crippen molar-refractivity contribution in [1.82, 2.24) is 0 Å². The van der Waals surface area contributed by atoms with Gasteiger partial charge in [0, 0.05) is 6.42 Å². The number of allylic oxidation sites excluding steroid dienone is 6. The molecule has 0 unspecified atom stereocenters. The van der Waals surface area contributed by atoms with Gasteiger partial charge in [-0.15, -0.1) is 0 Å². The van der Waals surface area contributed by atoms with Crippen molar-refractivity contribution in [3.8, 4) is 0 Å². The van der Waals surface area contributed by atoms with E-state index in [9.17, 15) is 0 Å². The molecule has 2 nitrogen and oxygen atoms in total. The van der Waals surface area contributed by atoms with Crippen LogP contribution in [0.2, 0.25) is 0 Å². The van der Waals surface area contributed by atoms with Gasteiger partial charge in [-0.05, 0) is 58.8 Å². The predicted octanol–water partition coefficient (Wildman–Crippen LogP) is 7.56. The molecule has 0 saturated heterocycles. The van der Waals surface area contributed by atoms with Crippen LogP contribution in [0.25, 0.3) is 0 Å². The number of hydrogen-bond donors (Lipinski definition) is 0. The van der Waals surface area contributed by atoms with Gasteiger partial charge in [0.1, 0.15) is 6.61 Å². The Bertz CT molecular complexity index is 457. The van der Waals surface area contributed by atoms with E-state index in [2.05, 4.69) is 62.2 Å². The zero-order chi connectivity index (χ0) is 18.9. The number of ether oxygens (including phenoxy) is 1. The van der Waals surface area contributed by atoms with Crippen molar-refractivity contribution in [2.24, 2.45) is 4.99 Å². The van der Waals surface area contributed by atoms with Crippen molar-refractivity contribution in [1.29, 1.82) is 0 Å². The van der Waals surface area contributed by atoms with Gasteiger partial charge in [-0.3, -0.25) is 0 Å². The minimum absolute atomic E-state index is 0.000501. The highest BCUT2D eigenvalue weighted by Gasteiger charge is 2.25. The number of nitrogens with zero attached hydrogens (tertiary/aromatic N) is 1. The molecule has 0 aromatic heterocycles. The molecule has 0 radical (unpaired) electrons. The summed E-state index contributed by atoms with van der Waals surface area (Å²) in [5.41, 5.74) is -0.000501. The van der Waals surface area contributed by atoms with E-state index in [1.165, 1.54) is 57.8 Å². The molecule has 0 aromatic rings. The van der Waals surface area contributed by atoms with Gasteiger partial charge in [0.2, 0.25) is 0 Å². The minimum Gasteiger partial charge on any atom is -0.478 e. The van der Waals surface area contributed by atoms with E-state index in [0.29, 0.717) is 0 Å². The monoisotopic (exact) mass is 359 g/mol. The van der Waals surface area contributed by atoms with E-state index in [0.717, 1.165) is 31.8 Å². The number of hydrogen-bond acceptors (Lipinski definition) is 2. The second-order valence-electron chi connectivity index (χ2n) is 7.94. The molecule has 0 aromatic carbocycles. The van der Waals surface area contributed by atoms with E-state index >= 15 is 0 Å². The molecular weight excluding hydrogens is 318 g/mol. The zero-order valence-electron chi connectivity index (χ0n) is 17.5. The van der Waals surface area contributed by atoms with Gasteiger partial charge >= 0.3 is 0 Å². The van der Waals surface area contributed by atoms with Crippen LogP contribution >= 0.6 is 0 Å². The second-order valence-corrected chi connectivity index (χ2v) is 7.94. The molecule has 0 amide bonds. The fourth-order valence-corrected chi connectivity index (χ4v) is 2.97. The fraction of sp³-hybridized carbons (Fsp3) is 0.708. The Balaban J connectivity index is 1.87. The topological polar surface area (TPSA) is 21.6 Å². The number of unbranched alkanes of at least 4 members (excludes halogenated alkanes) is 7. The molecule has 1 rings (SSSR count). The first-order valence-corrected chi connectivity index (χ1v) is 10.8. The normalized spacial score (nSPS) is 16.8. The van der Waals surface area contributed by atoms with Gasteiger partial charge in [0.05, 0.1) is 5.54 Å². The highest BCUT2D eigenvalue weighted by molar-refractivity contribution is 5.78. The molecule has 0 fully saturated rings. The van der Waals surface area contributed by atoms with Crippen molar-refractivity contribution in [2.75, 3.05) is 6.61 Å². The first kappa shape index (κ1) is 22.7. The van der Waals surface area contributed by atoms with Gasteiger partial charge in [0.15, 0.2) is 5.90 Å². The Morgan fingerprint density at radius 2 is 1.38 bits per heavy atom. The highest BCUT2D eigenvalue weighted by atomic mass is 16.5. The lowest BCUT2D eigenvalue weighted by atomic mass is 10.1. The molecule has 0 atom stereocenters. The van der Waals surface area contributed by atoms with Crippen LogP contribution in [0.15, 0.2) is 41.4 Å². The summed E-state index contributed by atoms with van der Waals surface area (Å²) < 4.78 is 5.63. The average Bonchev–Trinajstić information content (AvgIpc) is 2.96. The Kier molecular flexibility index (Phi) is 13.0. The van der Waals surface area contributed by atoms with E-state index < -0.39 is 0 Å². The Morgan fingerprint density at radius 3 is 1.96 bits per heavy atom. The molecule has 26 heavy (non-hydrogen) atoms. The summed E-state index contributed by atoms with van der Waals surface area (Å²) in [6.45, 7) is 7.26. The zero-order valence-corrected chi connectivity index (χ0v) is 17.5. The molecule has 0 saturated carbocycles. The molecule has 1 aliphatic heterocycles. The summed E-state index contributed by atoms with van der Waals surface area (Å²) in [6, 6.07) is 0.